The van der Waals surface area contributed by atoms with Gasteiger partial charge in [0.1, 0.15) is 5.75 Å². The Kier molecular flexibility index (Phi) is 5.29. The van der Waals surface area contributed by atoms with Gasteiger partial charge in [0, 0.05) is 19.2 Å². The van der Waals surface area contributed by atoms with E-state index in [1.807, 2.05) is 12.1 Å². The van der Waals surface area contributed by atoms with E-state index in [1.165, 1.54) is 0 Å². The molecule has 1 aromatic carbocycles. The van der Waals surface area contributed by atoms with Gasteiger partial charge in [-0.3, -0.25) is 0 Å². The highest BCUT2D eigenvalue weighted by Gasteiger charge is 2.11. The summed E-state index contributed by atoms with van der Waals surface area (Å²) >= 11 is 0. The van der Waals surface area contributed by atoms with Crippen LogP contribution in [0.2, 0.25) is 0 Å². The van der Waals surface area contributed by atoms with Gasteiger partial charge < -0.3 is 15.5 Å². The fraction of sp³-hybridized carbons (Fsp3) is 0.538. The van der Waals surface area contributed by atoms with Gasteiger partial charge in [-0.05, 0) is 30.0 Å². The number of phenolic OH excluding ortho intramolecular Hbond substituents is 1. The van der Waals surface area contributed by atoms with Crippen LogP contribution in [0.5, 0.6) is 5.75 Å². The van der Waals surface area contributed by atoms with E-state index in [1.54, 1.807) is 12.1 Å². The second-order valence-corrected chi connectivity index (χ2v) is 4.41. The van der Waals surface area contributed by atoms with E-state index >= 15 is 0 Å². The van der Waals surface area contributed by atoms with Crippen LogP contribution < -0.4 is 5.32 Å². The van der Waals surface area contributed by atoms with Crippen molar-refractivity contribution in [1.82, 2.24) is 5.32 Å². The van der Waals surface area contributed by atoms with Gasteiger partial charge in [-0.1, -0.05) is 26.0 Å². The zero-order chi connectivity index (χ0) is 12.0. The third kappa shape index (κ3) is 4.21. The average molecular weight is 223 g/mol. The molecule has 3 nitrogen and oxygen atoms in total. The molecule has 1 aromatic rings. The number of nitrogens with one attached hydrogen (secondary N) is 1. The van der Waals surface area contributed by atoms with Crippen molar-refractivity contribution in [2.75, 3.05) is 6.61 Å². The molecule has 0 radical (unpaired) electrons. The lowest BCUT2D eigenvalue weighted by molar-refractivity contribution is 0.244. The van der Waals surface area contributed by atoms with Crippen molar-refractivity contribution < 1.29 is 10.2 Å². The van der Waals surface area contributed by atoms with Gasteiger partial charge in [0.2, 0.25) is 0 Å². The molecule has 1 unspecified atom stereocenters. The number of hydrogen-bond acceptors (Lipinski definition) is 3. The Balaban J connectivity index is 2.45. The van der Waals surface area contributed by atoms with Crippen LogP contribution in [0.3, 0.4) is 0 Å². The van der Waals surface area contributed by atoms with Gasteiger partial charge in [-0.25, -0.2) is 0 Å². The SMILES string of the molecule is CC(C)C(CCO)NCc1ccc(O)cc1. The zero-order valence-electron chi connectivity index (χ0n) is 9.98. The second-order valence-electron chi connectivity index (χ2n) is 4.41. The van der Waals surface area contributed by atoms with E-state index < -0.39 is 0 Å². The molecule has 0 aliphatic heterocycles. The summed E-state index contributed by atoms with van der Waals surface area (Å²) in [5, 5.41) is 21.5. The van der Waals surface area contributed by atoms with Gasteiger partial charge in [-0.2, -0.15) is 0 Å². The fourth-order valence-electron chi connectivity index (χ4n) is 1.67. The number of rotatable bonds is 6. The summed E-state index contributed by atoms with van der Waals surface area (Å²) in [7, 11) is 0. The fourth-order valence-corrected chi connectivity index (χ4v) is 1.67. The largest absolute Gasteiger partial charge is 0.508 e. The molecular formula is C13H21NO2. The molecule has 0 aromatic heterocycles. The second kappa shape index (κ2) is 6.51. The lowest BCUT2D eigenvalue weighted by Crippen LogP contribution is -2.34. The number of hydrogen-bond donors (Lipinski definition) is 3. The highest BCUT2D eigenvalue weighted by Crippen LogP contribution is 2.11. The van der Waals surface area contributed by atoms with E-state index in [0.717, 1.165) is 18.5 Å². The maximum atomic E-state index is 9.15. The van der Waals surface area contributed by atoms with Crippen molar-refractivity contribution in [2.45, 2.75) is 32.9 Å². The Morgan fingerprint density at radius 2 is 1.81 bits per heavy atom. The van der Waals surface area contributed by atoms with Gasteiger partial charge in [0.15, 0.2) is 0 Å². The van der Waals surface area contributed by atoms with Crippen molar-refractivity contribution >= 4 is 0 Å². The summed E-state index contributed by atoms with van der Waals surface area (Å²) in [6, 6.07) is 7.51. The molecular weight excluding hydrogens is 202 g/mol. The molecule has 16 heavy (non-hydrogen) atoms. The molecule has 0 heterocycles. The summed E-state index contributed by atoms with van der Waals surface area (Å²) in [6.07, 6.45) is 0.774. The topological polar surface area (TPSA) is 52.5 Å². The van der Waals surface area contributed by atoms with E-state index in [9.17, 15) is 0 Å². The van der Waals surface area contributed by atoms with Crippen LogP contribution in [0.25, 0.3) is 0 Å². The highest BCUT2D eigenvalue weighted by atomic mass is 16.3. The summed E-state index contributed by atoms with van der Waals surface area (Å²) in [6.45, 7) is 5.27. The maximum Gasteiger partial charge on any atom is 0.115 e. The van der Waals surface area contributed by atoms with Crippen LogP contribution in [0, 0.1) is 5.92 Å². The average Bonchev–Trinajstić information content (AvgIpc) is 2.26. The van der Waals surface area contributed by atoms with Gasteiger partial charge in [0.05, 0.1) is 0 Å². The molecule has 1 rings (SSSR count). The monoisotopic (exact) mass is 223 g/mol. The number of aliphatic hydroxyl groups is 1. The minimum absolute atomic E-state index is 0.214. The Bertz CT molecular complexity index is 295. The van der Waals surface area contributed by atoms with E-state index in [0.29, 0.717) is 17.7 Å². The number of aliphatic hydroxyl groups excluding tert-OH is 1. The first-order valence-corrected chi connectivity index (χ1v) is 5.75. The third-order valence-corrected chi connectivity index (χ3v) is 2.75. The smallest absolute Gasteiger partial charge is 0.115 e. The Morgan fingerprint density at radius 3 is 2.31 bits per heavy atom. The quantitative estimate of drug-likeness (QED) is 0.690. The highest BCUT2D eigenvalue weighted by molar-refractivity contribution is 5.25. The first-order chi connectivity index (χ1) is 7.63. The number of aromatic hydroxyl groups is 1. The zero-order valence-corrected chi connectivity index (χ0v) is 9.98. The van der Waals surface area contributed by atoms with Crippen molar-refractivity contribution in [3.05, 3.63) is 29.8 Å². The minimum atomic E-state index is 0.214. The standard InChI is InChI=1S/C13H21NO2/c1-10(2)13(7-8-15)14-9-11-3-5-12(16)6-4-11/h3-6,10,13-16H,7-9H2,1-2H3. The van der Waals surface area contributed by atoms with Crippen LogP contribution in [0.4, 0.5) is 0 Å². The maximum absolute atomic E-state index is 9.15. The molecule has 0 aliphatic carbocycles. The van der Waals surface area contributed by atoms with Crippen LogP contribution in [-0.4, -0.2) is 22.9 Å². The van der Waals surface area contributed by atoms with Gasteiger partial charge in [-0.15, -0.1) is 0 Å². The molecule has 0 aliphatic rings. The summed E-state index contributed by atoms with van der Waals surface area (Å²) in [5.74, 6) is 0.795. The van der Waals surface area contributed by atoms with Crippen molar-refractivity contribution in [2.24, 2.45) is 5.92 Å². The predicted octanol–water partition coefficient (Wildman–Crippen LogP) is 1.89. The minimum Gasteiger partial charge on any atom is -0.508 e. The molecule has 90 valence electrons. The predicted molar refractivity (Wildman–Crippen MR) is 65.3 cm³/mol. The van der Waals surface area contributed by atoms with Crippen molar-refractivity contribution in [3.63, 3.8) is 0 Å². The van der Waals surface area contributed by atoms with Crippen molar-refractivity contribution in [1.29, 1.82) is 0 Å². The number of benzene rings is 1. The van der Waals surface area contributed by atoms with Crippen LogP contribution in [0.1, 0.15) is 25.8 Å². The Hall–Kier alpha value is -1.06. The summed E-state index contributed by atoms with van der Waals surface area (Å²) < 4.78 is 0. The van der Waals surface area contributed by atoms with E-state index in [4.69, 9.17) is 10.2 Å². The van der Waals surface area contributed by atoms with Crippen LogP contribution >= 0.6 is 0 Å². The molecule has 0 fully saturated rings. The lowest BCUT2D eigenvalue weighted by atomic mass is 10.0. The van der Waals surface area contributed by atoms with E-state index in [2.05, 4.69) is 19.2 Å². The molecule has 0 spiro atoms. The summed E-state index contributed by atoms with van der Waals surface area (Å²) in [4.78, 5) is 0. The molecule has 0 saturated carbocycles. The molecule has 3 N–H and O–H groups in total. The van der Waals surface area contributed by atoms with Crippen molar-refractivity contribution in [3.8, 4) is 5.75 Å². The molecule has 1 atom stereocenters. The Morgan fingerprint density at radius 1 is 1.19 bits per heavy atom. The summed E-state index contributed by atoms with van der Waals surface area (Å²) in [5.41, 5.74) is 1.14. The van der Waals surface area contributed by atoms with E-state index in [-0.39, 0.29) is 6.61 Å². The van der Waals surface area contributed by atoms with Crippen LogP contribution in [0.15, 0.2) is 24.3 Å². The Labute approximate surface area is 97.1 Å². The van der Waals surface area contributed by atoms with Gasteiger partial charge >= 0.3 is 0 Å². The molecule has 3 heteroatoms. The molecule has 0 bridgehead atoms. The van der Waals surface area contributed by atoms with Gasteiger partial charge in [0.25, 0.3) is 0 Å². The normalized spacial score (nSPS) is 13.0. The first-order valence-electron chi connectivity index (χ1n) is 5.75. The van der Waals surface area contributed by atoms with Crippen LogP contribution in [-0.2, 0) is 6.54 Å². The number of phenols is 1. The third-order valence-electron chi connectivity index (χ3n) is 2.75. The lowest BCUT2D eigenvalue weighted by Gasteiger charge is -2.21. The molecule has 0 saturated heterocycles. The molecule has 0 amide bonds. The first kappa shape index (κ1) is 13.0.